The minimum Gasteiger partial charge on any atom is -0.353 e. The summed E-state index contributed by atoms with van der Waals surface area (Å²) in [6.45, 7) is 4.99. The molecule has 1 N–H and O–H groups in total. The number of hydrogen-bond donors (Lipinski definition) is 1. The standard InChI is InChI=1S/C9H17NO3/c1-3-12-7(2)13-6-8-4-5-9(11)10-8/h7-8H,3-6H2,1-2H3,(H,10,11). The molecule has 1 heterocycles. The van der Waals surface area contributed by atoms with Crippen LogP contribution >= 0.6 is 0 Å². The van der Waals surface area contributed by atoms with Crippen LogP contribution in [0.25, 0.3) is 0 Å². The Labute approximate surface area is 78.6 Å². The molecule has 1 fully saturated rings. The molecule has 4 heteroatoms. The van der Waals surface area contributed by atoms with E-state index in [1.165, 1.54) is 0 Å². The number of ether oxygens (including phenoxy) is 2. The van der Waals surface area contributed by atoms with Gasteiger partial charge in [0.2, 0.25) is 5.91 Å². The minimum absolute atomic E-state index is 0.123. The Bertz CT molecular complexity index is 172. The predicted octanol–water partition coefficient (Wildman–Crippen LogP) is 0.664. The summed E-state index contributed by atoms with van der Waals surface area (Å²) < 4.78 is 10.6. The van der Waals surface area contributed by atoms with Crippen LogP contribution in [-0.2, 0) is 14.3 Å². The Kier molecular flexibility index (Phi) is 4.18. The van der Waals surface area contributed by atoms with Crippen molar-refractivity contribution < 1.29 is 14.3 Å². The van der Waals surface area contributed by atoms with Crippen molar-refractivity contribution in [3.8, 4) is 0 Å². The largest absolute Gasteiger partial charge is 0.353 e. The maximum atomic E-state index is 10.8. The van der Waals surface area contributed by atoms with Gasteiger partial charge in [-0.25, -0.2) is 0 Å². The fraction of sp³-hybridized carbons (Fsp3) is 0.889. The van der Waals surface area contributed by atoms with Crippen LogP contribution in [0.1, 0.15) is 26.7 Å². The molecule has 76 valence electrons. The third-order valence-corrected chi connectivity index (χ3v) is 2.02. The number of rotatable bonds is 5. The molecule has 1 amide bonds. The lowest BCUT2D eigenvalue weighted by Gasteiger charge is -2.15. The van der Waals surface area contributed by atoms with Gasteiger partial charge >= 0.3 is 0 Å². The van der Waals surface area contributed by atoms with E-state index in [4.69, 9.17) is 9.47 Å². The van der Waals surface area contributed by atoms with E-state index < -0.39 is 0 Å². The van der Waals surface area contributed by atoms with Crippen molar-refractivity contribution in [2.75, 3.05) is 13.2 Å². The average Bonchev–Trinajstić information content (AvgIpc) is 2.49. The lowest BCUT2D eigenvalue weighted by atomic mass is 10.2. The summed E-state index contributed by atoms with van der Waals surface area (Å²) in [6.07, 6.45) is 1.32. The van der Waals surface area contributed by atoms with Crippen LogP contribution < -0.4 is 5.32 Å². The summed E-state index contributed by atoms with van der Waals surface area (Å²) >= 11 is 0. The van der Waals surface area contributed by atoms with Gasteiger partial charge in [0, 0.05) is 13.0 Å². The first-order valence-electron chi connectivity index (χ1n) is 4.75. The van der Waals surface area contributed by atoms with Crippen LogP contribution in [0.3, 0.4) is 0 Å². The quantitative estimate of drug-likeness (QED) is 0.643. The lowest BCUT2D eigenvalue weighted by molar-refractivity contribution is -0.132. The average molecular weight is 187 g/mol. The van der Waals surface area contributed by atoms with Crippen molar-refractivity contribution in [1.82, 2.24) is 5.32 Å². The van der Waals surface area contributed by atoms with Crippen molar-refractivity contribution in [3.63, 3.8) is 0 Å². The van der Waals surface area contributed by atoms with Crippen LogP contribution in [0, 0.1) is 0 Å². The molecule has 2 atom stereocenters. The summed E-state index contributed by atoms with van der Waals surface area (Å²) in [5, 5.41) is 2.83. The van der Waals surface area contributed by atoms with Crippen molar-refractivity contribution in [2.24, 2.45) is 0 Å². The second-order valence-electron chi connectivity index (χ2n) is 3.16. The first-order valence-corrected chi connectivity index (χ1v) is 4.75. The van der Waals surface area contributed by atoms with Crippen molar-refractivity contribution >= 4 is 5.91 Å². The van der Waals surface area contributed by atoms with Crippen LogP contribution in [-0.4, -0.2) is 31.5 Å². The SMILES string of the molecule is CCOC(C)OCC1CCC(=O)N1. The molecule has 0 aliphatic carbocycles. The highest BCUT2D eigenvalue weighted by Crippen LogP contribution is 2.07. The molecule has 1 saturated heterocycles. The van der Waals surface area contributed by atoms with Gasteiger partial charge in [-0.15, -0.1) is 0 Å². The number of hydrogen-bond acceptors (Lipinski definition) is 3. The van der Waals surface area contributed by atoms with Crippen LogP contribution in [0.2, 0.25) is 0 Å². The van der Waals surface area contributed by atoms with E-state index in [-0.39, 0.29) is 18.2 Å². The first-order chi connectivity index (χ1) is 6.22. The van der Waals surface area contributed by atoms with Crippen LogP contribution in [0.15, 0.2) is 0 Å². The molecule has 1 aliphatic heterocycles. The fourth-order valence-electron chi connectivity index (χ4n) is 1.34. The highest BCUT2D eigenvalue weighted by molar-refractivity contribution is 5.78. The van der Waals surface area contributed by atoms with E-state index in [0.717, 1.165) is 6.42 Å². The van der Waals surface area contributed by atoms with Gasteiger partial charge in [0.1, 0.15) is 0 Å². The van der Waals surface area contributed by atoms with Gasteiger partial charge in [-0.3, -0.25) is 4.79 Å². The third kappa shape index (κ3) is 3.74. The fourth-order valence-corrected chi connectivity index (χ4v) is 1.34. The molecule has 0 saturated carbocycles. The minimum atomic E-state index is -0.178. The molecule has 0 aromatic carbocycles. The van der Waals surface area contributed by atoms with Crippen LogP contribution in [0.4, 0.5) is 0 Å². The molecule has 0 aromatic rings. The number of amides is 1. The Hall–Kier alpha value is -0.610. The topological polar surface area (TPSA) is 47.6 Å². The summed E-state index contributed by atoms with van der Waals surface area (Å²) in [5.74, 6) is 0.123. The van der Waals surface area contributed by atoms with Crippen LogP contribution in [0.5, 0.6) is 0 Å². The van der Waals surface area contributed by atoms with Gasteiger partial charge in [-0.05, 0) is 20.3 Å². The van der Waals surface area contributed by atoms with E-state index in [1.807, 2.05) is 13.8 Å². The molecule has 4 nitrogen and oxygen atoms in total. The molecule has 0 spiro atoms. The zero-order valence-corrected chi connectivity index (χ0v) is 8.21. The molecule has 2 unspecified atom stereocenters. The zero-order valence-electron chi connectivity index (χ0n) is 8.21. The van der Waals surface area contributed by atoms with Gasteiger partial charge in [-0.2, -0.15) is 0 Å². The highest BCUT2D eigenvalue weighted by atomic mass is 16.7. The van der Waals surface area contributed by atoms with Gasteiger partial charge in [-0.1, -0.05) is 0 Å². The van der Waals surface area contributed by atoms with Gasteiger partial charge in [0.25, 0.3) is 0 Å². The van der Waals surface area contributed by atoms with Gasteiger partial charge in [0.05, 0.1) is 12.6 Å². The normalized spacial score (nSPS) is 24.5. The van der Waals surface area contributed by atoms with Gasteiger partial charge < -0.3 is 14.8 Å². The number of carbonyl (C=O) groups excluding carboxylic acids is 1. The predicted molar refractivity (Wildman–Crippen MR) is 48.2 cm³/mol. The monoisotopic (exact) mass is 187 g/mol. The highest BCUT2D eigenvalue weighted by Gasteiger charge is 2.21. The van der Waals surface area contributed by atoms with E-state index in [9.17, 15) is 4.79 Å². The third-order valence-electron chi connectivity index (χ3n) is 2.02. The van der Waals surface area contributed by atoms with Crippen molar-refractivity contribution in [3.05, 3.63) is 0 Å². The Balaban J connectivity index is 2.08. The van der Waals surface area contributed by atoms with Gasteiger partial charge in [0.15, 0.2) is 6.29 Å². The Morgan fingerprint density at radius 2 is 2.38 bits per heavy atom. The van der Waals surface area contributed by atoms with E-state index >= 15 is 0 Å². The zero-order chi connectivity index (χ0) is 9.68. The molecule has 0 bridgehead atoms. The molecular formula is C9H17NO3. The van der Waals surface area contributed by atoms with E-state index in [2.05, 4.69) is 5.32 Å². The molecule has 1 aliphatic rings. The molecular weight excluding hydrogens is 170 g/mol. The molecule has 0 radical (unpaired) electrons. The maximum absolute atomic E-state index is 10.8. The number of nitrogens with one attached hydrogen (secondary N) is 1. The summed E-state index contributed by atoms with van der Waals surface area (Å²) in [7, 11) is 0. The molecule has 1 rings (SSSR count). The summed E-state index contributed by atoms with van der Waals surface area (Å²) in [5.41, 5.74) is 0. The second kappa shape index (κ2) is 5.19. The Morgan fingerprint density at radius 1 is 1.62 bits per heavy atom. The summed E-state index contributed by atoms with van der Waals surface area (Å²) in [6, 6.07) is 0.176. The number of carbonyl (C=O) groups is 1. The van der Waals surface area contributed by atoms with Crippen molar-refractivity contribution in [1.29, 1.82) is 0 Å². The molecule has 0 aromatic heterocycles. The van der Waals surface area contributed by atoms with Crippen molar-refractivity contribution in [2.45, 2.75) is 39.0 Å². The van der Waals surface area contributed by atoms with E-state index in [0.29, 0.717) is 19.6 Å². The second-order valence-corrected chi connectivity index (χ2v) is 3.16. The Morgan fingerprint density at radius 3 is 2.92 bits per heavy atom. The first kappa shape index (κ1) is 10.5. The smallest absolute Gasteiger partial charge is 0.220 e. The molecule has 13 heavy (non-hydrogen) atoms. The summed E-state index contributed by atoms with van der Waals surface area (Å²) in [4.78, 5) is 10.8. The lowest BCUT2D eigenvalue weighted by Crippen LogP contribution is -2.31. The van der Waals surface area contributed by atoms with E-state index in [1.54, 1.807) is 0 Å². The maximum Gasteiger partial charge on any atom is 0.220 e.